The first-order valence-electron chi connectivity index (χ1n) is 9.72. The van der Waals surface area contributed by atoms with Gasteiger partial charge in [0.1, 0.15) is 5.60 Å². The number of nitrogens with zero attached hydrogens (tertiary/aromatic N) is 2. The number of amides is 1. The molecule has 0 aromatic heterocycles. The van der Waals surface area contributed by atoms with E-state index in [1.165, 1.54) is 12.8 Å². The van der Waals surface area contributed by atoms with Gasteiger partial charge in [0.2, 0.25) is 0 Å². The standard InChI is InChI=1S/C19H39N5O2.HI/c1-8-20-16(21-13-15-9-11-24(7)12-10-15)22-14-19(5,6)23-17(25)26-18(2,3)4;/h15H,8-14H2,1-7H3,(H,23,25)(H2,20,21,22);1H. The van der Waals surface area contributed by atoms with Crippen molar-refractivity contribution in [2.45, 2.75) is 65.5 Å². The Morgan fingerprint density at radius 2 is 1.74 bits per heavy atom. The number of ether oxygens (including phenoxy) is 1. The number of piperidine rings is 1. The van der Waals surface area contributed by atoms with E-state index in [0.717, 1.165) is 32.1 Å². The van der Waals surface area contributed by atoms with Crippen LogP contribution in [0.1, 0.15) is 54.4 Å². The van der Waals surface area contributed by atoms with E-state index in [1.807, 2.05) is 34.6 Å². The highest BCUT2D eigenvalue weighted by atomic mass is 127. The second-order valence-corrected chi connectivity index (χ2v) is 8.83. The van der Waals surface area contributed by atoms with Crippen molar-refractivity contribution >= 4 is 36.0 Å². The van der Waals surface area contributed by atoms with Crippen LogP contribution in [0, 0.1) is 5.92 Å². The molecule has 0 aromatic rings. The fourth-order valence-electron chi connectivity index (χ4n) is 2.75. The predicted molar refractivity (Wildman–Crippen MR) is 123 cm³/mol. The first-order chi connectivity index (χ1) is 12.0. The fourth-order valence-corrected chi connectivity index (χ4v) is 2.75. The lowest BCUT2D eigenvalue weighted by Gasteiger charge is -2.30. The van der Waals surface area contributed by atoms with Crippen LogP contribution in [0.3, 0.4) is 0 Å². The maximum Gasteiger partial charge on any atom is 0.408 e. The lowest BCUT2D eigenvalue weighted by molar-refractivity contribution is 0.0476. The lowest BCUT2D eigenvalue weighted by atomic mass is 9.97. The van der Waals surface area contributed by atoms with Crippen LogP contribution in [0.15, 0.2) is 4.99 Å². The molecule has 1 aliphatic heterocycles. The molecule has 0 radical (unpaired) electrons. The average molecular weight is 497 g/mol. The van der Waals surface area contributed by atoms with Crippen molar-refractivity contribution in [3.63, 3.8) is 0 Å². The maximum absolute atomic E-state index is 12.0. The number of hydrogen-bond donors (Lipinski definition) is 3. The van der Waals surface area contributed by atoms with Gasteiger partial charge in [-0.3, -0.25) is 4.99 Å². The monoisotopic (exact) mass is 497 g/mol. The summed E-state index contributed by atoms with van der Waals surface area (Å²) in [5, 5.41) is 9.62. The molecule has 1 aliphatic rings. The SMILES string of the molecule is CCNC(=NCC(C)(C)NC(=O)OC(C)(C)C)NCC1CCN(C)CC1.I. The van der Waals surface area contributed by atoms with Gasteiger partial charge in [0, 0.05) is 13.1 Å². The first-order valence-corrected chi connectivity index (χ1v) is 9.72. The number of likely N-dealkylation sites (tertiary alicyclic amines) is 1. The third-order valence-electron chi connectivity index (χ3n) is 4.21. The van der Waals surface area contributed by atoms with Crippen molar-refractivity contribution in [1.29, 1.82) is 0 Å². The second-order valence-electron chi connectivity index (χ2n) is 8.83. The van der Waals surface area contributed by atoms with Crippen molar-refractivity contribution in [3.8, 4) is 0 Å². The van der Waals surface area contributed by atoms with Gasteiger partial charge in [-0.05, 0) is 80.4 Å². The van der Waals surface area contributed by atoms with Crippen LogP contribution >= 0.6 is 24.0 Å². The Kier molecular flexibility index (Phi) is 11.6. The first kappa shape index (κ1) is 26.2. The van der Waals surface area contributed by atoms with E-state index in [-0.39, 0.29) is 24.0 Å². The minimum Gasteiger partial charge on any atom is -0.444 e. The van der Waals surface area contributed by atoms with E-state index in [0.29, 0.717) is 12.5 Å². The number of halogens is 1. The Morgan fingerprint density at radius 3 is 2.26 bits per heavy atom. The molecule has 0 spiro atoms. The van der Waals surface area contributed by atoms with Gasteiger partial charge in [-0.2, -0.15) is 0 Å². The number of carbonyl (C=O) groups is 1. The number of rotatable bonds is 6. The van der Waals surface area contributed by atoms with E-state index in [4.69, 9.17) is 4.74 Å². The molecule has 0 atom stereocenters. The van der Waals surface area contributed by atoms with Crippen molar-refractivity contribution < 1.29 is 9.53 Å². The zero-order chi connectivity index (χ0) is 19.8. The molecule has 7 nitrogen and oxygen atoms in total. The third kappa shape index (κ3) is 12.3. The number of carbonyl (C=O) groups excluding carboxylic acids is 1. The Hall–Kier alpha value is -0.770. The number of nitrogens with one attached hydrogen (secondary N) is 3. The molecule has 1 heterocycles. The molecule has 1 amide bonds. The summed E-state index contributed by atoms with van der Waals surface area (Å²) in [6.45, 7) is 16.0. The largest absolute Gasteiger partial charge is 0.444 e. The van der Waals surface area contributed by atoms with Crippen molar-refractivity contribution in [3.05, 3.63) is 0 Å². The highest BCUT2D eigenvalue weighted by Gasteiger charge is 2.24. The molecule has 8 heteroatoms. The summed E-state index contributed by atoms with van der Waals surface area (Å²) in [6, 6.07) is 0. The highest BCUT2D eigenvalue weighted by Crippen LogP contribution is 2.14. The molecule has 0 unspecified atom stereocenters. The highest BCUT2D eigenvalue weighted by molar-refractivity contribution is 14.0. The zero-order valence-electron chi connectivity index (χ0n) is 18.1. The van der Waals surface area contributed by atoms with E-state index in [2.05, 4.69) is 39.8 Å². The Balaban J connectivity index is 0.00000676. The van der Waals surface area contributed by atoms with Crippen LogP contribution in [0.4, 0.5) is 4.79 Å². The quantitative estimate of drug-likeness (QED) is 0.299. The Bertz CT molecular complexity index is 469. The average Bonchev–Trinajstić information content (AvgIpc) is 2.49. The Morgan fingerprint density at radius 1 is 1.15 bits per heavy atom. The summed E-state index contributed by atoms with van der Waals surface area (Å²) < 4.78 is 5.33. The second kappa shape index (κ2) is 11.9. The van der Waals surface area contributed by atoms with Gasteiger partial charge in [0.05, 0.1) is 12.1 Å². The van der Waals surface area contributed by atoms with Gasteiger partial charge >= 0.3 is 6.09 Å². The molecule has 0 bridgehead atoms. The van der Waals surface area contributed by atoms with Crippen LogP contribution < -0.4 is 16.0 Å². The van der Waals surface area contributed by atoms with Gasteiger partial charge in [-0.1, -0.05) is 0 Å². The van der Waals surface area contributed by atoms with Crippen molar-refractivity contribution in [2.24, 2.45) is 10.9 Å². The summed E-state index contributed by atoms with van der Waals surface area (Å²) in [7, 11) is 2.18. The van der Waals surface area contributed by atoms with E-state index >= 15 is 0 Å². The number of aliphatic imine (C=N–C) groups is 1. The molecule has 1 fully saturated rings. The molecule has 1 saturated heterocycles. The van der Waals surface area contributed by atoms with Crippen LogP contribution in [-0.4, -0.2) is 67.9 Å². The number of hydrogen-bond acceptors (Lipinski definition) is 4. The van der Waals surface area contributed by atoms with Gasteiger partial charge in [-0.15, -0.1) is 24.0 Å². The molecular formula is C19H40IN5O2. The van der Waals surface area contributed by atoms with Crippen LogP contribution in [-0.2, 0) is 4.74 Å². The molecular weight excluding hydrogens is 457 g/mol. The smallest absolute Gasteiger partial charge is 0.408 e. The van der Waals surface area contributed by atoms with Crippen LogP contribution in [0.5, 0.6) is 0 Å². The van der Waals surface area contributed by atoms with E-state index in [9.17, 15) is 4.79 Å². The lowest BCUT2D eigenvalue weighted by Crippen LogP contribution is -2.49. The van der Waals surface area contributed by atoms with E-state index < -0.39 is 17.2 Å². The molecule has 160 valence electrons. The fraction of sp³-hybridized carbons (Fsp3) is 0.895. The Labute approximate surface area is 182 Å². The molecule has 3 N–H and O–H groups in total. The minimum absolute atomic E-state index is 0. The number of guanidine groups is 1. The van der Waals surface area contributed by atoms with Gasteiger partial charge in [0.15, 0.2) is 5.96 Å². The van der Waals surface area contributed by atoms with Crippen LogP contribution in [0.25, 0.3) is 0 Å². The van der Waals surface area contributed by atoms with Crippen molar-refractivity contribution in [1.82, 2.24) is 20.9 Å². The predicted octanol–water partition coefficient (Wildman–Crippen LogP) is 2.80. The summed E-state index contributed by atoms with van der Waals surface area (Å²) in [4.78, 5) is 19.0. The minimum atomic E-state index is -0.506. The van der Waals surface area contributed by atoms with Gasteiger partial charge in [0.25, 0.3) is 0 Å². The maximum atomic E-state index is 12.0. The topological polar surface area (TPSA) is 78.0 Å². The molecule has 0 aromatic carbocycles. The molecule has 27 heavy (non-hydrogen) atoms. The van der Waals surface area contributed by atoms with Gasteiger partial charge in [-0.25, -0.2) is 4.79 Å². The van der Waals surface area contributed by atoms with E-state index in [1.54, 1.807) is 0 Å². The summed E-state index contributed by atoms with van der Waals surface area (Å²) in [5.74, 6) is 1.48. The molecule has 0 aliphatic carbocycles. The van der Waals surface area contributed by atoms with Crippen molar-refractivity contribution in [2.75, 3.05) is 39.8 Å². The van der Waals surface area contributed by atoms with Gasteiger partial charge < -0.3 is 25.6 Å². The third-order valence-corrected chi connectivity index (χ3v) is 4.21. The van der Waals surface area contributed by atoms with Crippen LogP contribution in [0.2, 0.25) is 0 Å². The summed E-state index contributed by atoms with van der Waals surface area (Å²) >= 11 is 0. The normalized spacial score (nSPS) is 17.1. The zero-order valence-corrected chi connectivity index (χ0v) is 20.5. The molecule has 1 rings (SSSR count). The number of alkyl carbamates (subject to hydrolysis) is 1. The summed E-state index contributed by atoms with van der Waals surface area (Å²) in [6.07, 6.45) is 2.02. The molecule has 0 saturated carbocycles. The summed E-state index contributed by atoms with van der Waals surface area (Å²) in [5.41, 5.74) is -0.994.